The Labute approximate surface area is 133 Å². The molecule has 3 nitrogen and oxygen atoms in total. The van der Waals surface area contributed by atoms with E-state index in [1.165, 1.54) is 12.8 Å². The van der Waals surface area contributed by atoms with Gasteiger partial charge in [0.05, 0.1) is 6.10 Å². The van der Waals surface area contributed by atoms with Gasteiger partial charge in [0.15, 0.2) is 5.78 Å². The zero-order valence-corrected chi connectivity index (χ0v) is 13.9. The van der Waals surface area contributed by atoms with E-state index in [-0.39, 0.29) is 17.3 Å². The minimum atomic E-state index is -0.715. The first kappa shape index (κ1) is 15.1. The Morgan fingerprint density at radius 3 is 2.50 bits per heavy atom. The Morgan fingerprint density at radius 2 is 1.73 bits per heavy atom. The lowest BCUT2D eigenvalue weighted by molar-refractivity contribution is -0.144. The summed E-state index contributed by atoms with van der Waals surface area (Å²) in [6.07, 6.45) is 7.43. The molecule has 4 fully saturated rings. The first-order valence-corrected chi connectivity index (χ1v) is 9.26. The number of aliphatic hydroxyl groups excluding tert-OH is 2. The van der Waals surface area contributed by atoms with Crippen LogP contribution in [0.3, 0.4) is 0 Å². The van der Waals surface area contributed by atoms with Gasteiger partial charge < -0.3 is 10.2 Å². The normalized spacial score (nSPS) is 57.9. The second-order valence-corrected chi connectivity index (χ2v) is 9.16. The smallest absolute Gasteiger partial charge is 0.167 e. The maximum absolute atomic E-state index is 12.5. The lowest BCUT2D eigenvalue weighted by atomic mass is 9.45. The first-order valence-electron chi connectivity index (χ1n) is 9.26. The molecule has 8 atom stereocenters. The molecular weight excluding hydrogens is 276 g/mol. The van der Waals surface area contributed by atoms with Crippen LogP contribution < -0.4 is 0 Å². The van der Waals surface area contributed by atoms with E-state index in [0.717, 1.165) is 32.1 Å². The molecule has 3 heteroatoms. The SMILES string of the molecule is C[C@@]12CC[C@H](O)C[C@@H]1CC[C@H]1[C@H]2CC[C@@]2(C)C(=O)[C@@H](O)C[C@H]12. The molecular formula is C19H30O3. The minimum Gasteiger partial charge on any atom is -0.393 e. The summed E-state index contributed by atoms with van der Waals surface area (Å²) in [5.41, 5.74) is 0.0814. The second-order valence-electron chi connectivity index (χ2n) is 9.16. The van der Waals surface area contributed by atoms with Gasteiger partial charge in [-0.25, -0.2) is 0 Å². The van der Waals surface area contributed by atoms with Crippen LogP contribution in [0.15, 0.2) is 0 Å². The van der Waals surface area contributed by atoms with Gasteiger partial charge in [0.25, 0.3) is 0 Å². The monoisotopic (exact) mass is 306 g/mol. The van der Waals surface area contributed by atoms with Crippen molar-refractivity contribution in [3.63, 3.8) is 0 Å². The first-order chi connectivity index (χ1) is 10.4. The van der Waals surface area contributed by atoms with E-state index in [0.29, 0.717) is 35.5 Å². The number of rotatable bonds is 0. The molecule has 0 saturated heterocycles. The second kappa shape index (κ2) is 4.80. The molecule has 0 aliphatic heterocycles. The average Bonchev–Trinajstić information content (AvgIpc) is 2.72. The highest BCUT2D eigenvalue weighted by atomic mass is 16.3. The molecule has 0 aromatic carbocycles. The highest BCUT2D eigenvalue weighted by Gasteiger charge is 2.62. The van der Waals surface area contributed by atoms with Crippen LogP contribution >= 0.6 is 0 Å². The Kier molecular flexibility index (Phi) is 3.30. The largest absolute Gasteiger partial charge is 0.393 e. The van der Waals surface area contributed by atoms with Crippen molar-refractivity contribution in [2.75, 3.05) is 0 Å². The summed E-state index contributed by atoms with van der Waals surface area (Å²) in [6.45, 7) is 4.57. The average molecular weight is 306 g/mol. The van der Waals surface area contributed by atoms with Crippen LogP contribution in [0.1, 0.15) is 65.2 Å². The van der Waals surface area contributed by atoms with Crippen molar-refractivity contribution < 1.29 is 15.0 Å². The van der Waals surface area contributed by atoms with E-state index in [1.807, 2.05) is 0 Å². The van der Waals surface area contributed by atoms with E-state index in [4.69, 9.17) is 0 Å². The highest BCUT2D eigenvalue weighted by Crippen LogP contribution is 2.65. The Morgan fingerprint density at radius 1 is 0.955 bits per heavy atom. The van der Waals surface area contributed by atoms with Crippen LogP contribution in [-0.4, -0.2) is 28.2 Å². The van der Waals surface area contributed by atoms with E-state index < -0.39 is 6.10 Å². The van der Waals surface area contributed by atoms with Gasteiger partial charge in [-0.1, -0.05) is 13.8 Å². The predicted octanol–water partition coefficient (Wildman–Crippen LogP) is 2.93. The Balaban J connectivity index is 1.64. The number of hydrogen-bond acceptors (Lipinski definition) is 3. The van der Waals surface area contributed by atoms with Gasteiger partial charge in [-0.3, -0.25) is 4.79 Å². The third-order valence-corrected chi connectivity index (χ3v) is 8.37. The standard InChI is InChI=1S/C19H30O3/c1-18-7-5-12(20)9-11(18)3-4-13-14(18)6-8-19(2)15(13)10-16(21)17(19)22/h11-16,20-21H,3-10H2,1-2H3/t11-,12-,13-,14+,15+,16-,18+,19+/m0/s1. The molecule has 4 rings (SSSR count). The lowest BCUT2D eigenvalue weighted by Crippen LogP contribution is -2.54. The number of carbonyl (C=O) groups is 1. The van der Waals surface area contributed by atoms with Crippen LogP contribution in [0.4, 0.5) is 0 Å². The summed E-state index contributed by atoms with van der Waals surface area (Å²) in [4.78, 5) is 12.5. The van der Waals surface area contributed by atoms with Gasteiger partial charge >= 0.3 is 0 Å². The highest BCUT2D eigenvalue weighted by molar-refractivity contribution is 5.91. The fourth-order valence-corrected chi connectivity index (χ4v) is 7.02. The zero-order valence-electron chi connectivity index (χ0n) is 13.9. The van der Waals surface area contributed by atoms with E-state index in [1.54, 1.807) is 0 Å². The van der Waals surface area contributed by atoms with Crippen molar-refractivity contribution >= 4 is 5.78 Å². The van der Waals surface area contributed by atoms with Crippen LogP contribution in [0, 0.1) is 34.5 Å². The fourth-order valence-electron chi connectivity index (χ4n) is 7.02. The Hall–Kier alpha value is -0.410. The maximum atomic E-state index is 12.5. The lowest BCUT2D eigenvalue weighted by Gasteiger charge is -2.59. The van der Waals surface area contributed by atoms with Gasteiger partial charge in [0.1, 0.15) is 6.10 Å². The zero-order chi connectivity index (χ0) is 15.7. The van der Waals surface area contributed by atoms with Gasteiger partial charge in [-0.05, 0) is 80.5 Å². The van der Waals surface area contributed by atoms with E-state index in [9.17, 15) is 15.0 Å². The molecule has 0 aromatic heterocycles. The number of fused-ring (bicyclic) bond motifs is 5. The molecule has 0 aromatic rings. The molecule has 0 heterocycles. The number of ketones is 1. The minimum absolute atomic E-state index is 0.0987. The number of carbonyl (C=O) groups excluding carboxylic acids is 1. The summed E-state index contributed by atoms with van der Waals surface area (Å²) in [5.74, 6) is 2.45. The molecule has 0 bridgehead atoms. The van der Waals surface area contributed by atoms with Gasteiger partial charge in [-0.15, -0.1) is 0 Å². The summed E-state index contributed by atoms with van der Waals surface area (Å²) < 4.78 is 0. The molecule has 124 valence electrons. The summed E-state index contributed by atoms with van der Waals surface area (Å²) in [6, 6.07) is 0. The summed E-state index contributed by atoms with van der Waals surface area (Å²) >= 11 is 0. The molecule has 0 radical (unpaired) electrons. The van der Waals surface area contributed by atoms with Crippen molar-refractivity contribution in [3.05, 3.63) is 0 Å². The van der Waals surface area contributed by atoms with Gasteiger partial charge in [0.2, 0.25) is 0 Å². The van der Waals surface area contributed by atoms with Crippen molar-refractivity contribution in [2.45, 2.75) is 77.4 Å². The van der Waals surface area contributed by atoms with Gasteiger partial charge in [-0.2, -0.15) is 0 Å². The van der Waals surface area contributed by atoms with Crippen molar-refractivity contribution in [1.29, 1.82) is 0 Å². The fraction of sp³-hybridized carbons (Fsp3) is 0.947. The molecule has 22 heavy (non-hydrogen) atoms. The predicted molar refractivity (Wildman–Crippen MR) is 84.1 cm³/mol. The molecule has 2 N–H and O–H groups in total. The summed E-state index contributed by atoms with van der Waals surface area (Å²) in [5, 5.41) is 20.2. The molecule has 4 aliphatic rings. The van der Waals surface area contributed by atoms with Gasteiger partial charge in [0, 0.05) is 5.41 Å². The third-order valence-electron chi connectivity index (χ3n) is 8.37. The number of aliphatic hydroxyl groups is 2. The van der Waals surface area contributed by atoms with Crippen molar-refractivity contribution in [1.82, 2.24) is 0 Å². The van der Waals surface area contributed by atoms with Crippen LogP contribution in [0.5, 0.6) is 0 Å². The summed E-state index contributed by atoms with van der Waals surface area (Å²) in [7, 11) is 0. The van der Waals surface area contributed by atoms with Crippen molar-refractivity contribution in [2.24, 2.45) is 34.5 Å². The third kappa shape index (κ3) is 1.84. The quantitative estimate of drug-likeness (QED) is 0.723. The maximum Gasteiger partial charge on any atom is 0.167 e. The topological polar surface area (TPSA) is 57.5 Å². The molecule has 0 spiro atoms. The molecule has 4 saturated carbocycles. The number of hydrogen-bond donors (Lipinski definition) is 2. The Bertz CT molecular complexity index is 489. The number of Topliss-reactive ketones (excluding diaryl/α,β-unsaturated/α-hetero) is 1. The van der Waals surface area contributed by atoms with E-state index >= 15 is 0 Å². The van der Waals surface area contributed by atoms with Crippen molar-refractivity contribution in [3.8, 4) is 0 Å². The van der Waals surface area contributed by atoms with E-state index in [2.05, 4.69) is 13.8 Å². The van der Waals surface area contributed by atoms with Crippen LogP contribution in [-0.2, 0) is 4.79 Å². The van der Waals surface area contributed by atoms with Crippen LogP contribution in [0.2, 0.25) is 0 Å². The molecule has 0 amide bonds. The van der Waals surface area contributed by atoms with Crippen LogP contribution in [0.25, 0.3) is 0 Å². The molecule has 4 aliphatic carbocycles. The molecule has 0 unspecified atom stereocenters.